The lowest BCUT2D eigenvalue weighted by Crippen LogP contribution is -2.30. The minimum atomic E-state index is -0.598. The van der Waals surface area contributed by atoms with Crippen molar-refractivity contribution < 1.29 is 14.4 Å². The zero-order valence-corrected chi connectivity index (χ0v) is 25.8. The largest absolute Gasteiger partial charge is 0.324 e. The Morgan fingerprint density at radius 3 is 2.12 bits per heavy atom. The van der Waals surface area contributed by atoms with E-state index in [-0.39, 0.29) is 16.6 Å². The van der Waals surface area contributed by atoms with Crippen LogP contribution >= 0.6 is 58.2 Å². The van der Waals surface area contributed by atoms with Gasteiger partial charge >= 0.3 is 0 Å². The summed E-state index contributed by atoms with van der Waals surface area (Å²) < 4.78 is 0. The fourth-order valence-electron chi connectivity index (χ4n) is 3.67. The van der Waals surface area contributed by atoms with Gasteiger partial charge in [-0.15, -0.1) is 11.8 Å². The smallest absolute Gasteiger partial charge is 0.272 e. The molecule has 0 saturated heterocycles. The van der Waals surface area contributed by atoms with E-state index in [1.165, 1.54) is 17.8 Å². The molecular weight excluding hydrogens is 636 g/mol. The summed E-state index contributed by atoms with van der Waals surface area (Å²) in [7, 11) is 0. The summed E-state index contributed by atoms with van der Waals surface area (Å²) in [5.74, 6) is -1.35. The second kappa shape index (κ2) is 14.6. The van der Waals surface area contributed by atoms with Crippen LogP contribution in [0.1, 0.15) is 22.8 Å². The van der Waals surface area contributed by atoms with Crippen molar-refractivity contribution in [2.45, 2.75) is 17.1 Å². The van der Waals surface area contributed by atoms with E-state index in [1.54, 1.807) is 91.9 Å². The minimum Gasteiger partial charge on any atom is -0.324 e. The molecule has 214 valence electrons. The van der Waals surface area contributed by atoms with Crippen LogP contribution in [-0.2, 0) is 9.59 Å². The van der Waals surface area contributed by atoms with Crippen LogP contribution < -0.4 is 16.0 Å². The number of thioether (sulfide) groups is 1. The Labute approximate surface area is 267 Å². The lowest BCUT2D eigenvalue weighted by atomic mass is 10.1. The number of halogens is 4. The highest BCUT2D eigenvalue weighted by Gasteiger charge is 2.19. The molecule has 3 N–H and O–H groups in total. The van der Waals surface area contributed by atoms with Gasteiger partial charge in [0.05, 0.1) is 21.0 Å². The molecule has 0 aliphatic carbocycles. The van der Waals surface area contributed by atoms with Crippen molar-refractivity contribution in [2.24, 2.45) is 0 Å². The molecule has 0 aromatic heterocycles. The van der Waals surface area contributed by atoms with Crippen molar-refractivity contribution in [3.8, 4) is 0 Å². The van der Waals surface area contributed by atoms with Gasteiger partial charge in [0.2, 0.25) is 5.91 Å². The van der Waals surface area contributed by atoms with Crippen LogP contribution in [0.2, 0.25) is 20.1 Å². The highest BCUT2D eigenvalue weighted by molar-refractivity contribution is 8.00. The predicted octanol–water partition coefficient (Wildman–Crippen LogP) is 8.83. The van der Waals surface area contributed by atoms with Crippen LogP contribution in [-0.4, -0.2) is 23.0 Å². The molecule has 0 aliphatic rings. The van der Waals surface area contributed by atoms with Gasteiger partial charge in [-0.05, 0) is 67.6 Å². The summed E-state index contributed by atoms with van der Waals surface area (Å²) in [6.45, 7) is 1.75. The highest BCUT2D eigenvalue weighted by atomic mass is 35.5. The lowest BCUT2D eigenvalue weighted by Gasteiger charge is -2.15. The van der Waals surface area contributed by atoms with Gasteiger partial charge in [-0.3, -0.25) is 14.4 Å². The van der Waals surface area contributed by atoms with Gasteiger partial charge in [0, 0.05) is 31.8 Å². The molecule has 3 amide bonds. The molecule has 6 nitrogen and oxygen atoms in total. The van der Waals surface area contributed by atoms with Crippen LogP contribution in [0.4, 0.5) is 11.4 Å². The second-order valence-corrected chi connectivity index (χ2v) is 11.9. The molecule has 4 rings (SSSR count). The number of hydrogen-bond donors (Lipinski definition) is 3. The van der Waals surface area contributed by atoms with E-state index in [1.807, 2.05) is 6.07 Å². The van der Waals surface area contributed by atoms with E-state index in [4.69, 9.17) is 46.4 Å². The molecule has 1 unspecified atom stereocenters. The van der Waals surface area contributed by atoms with Crippen molar-refractivity contribution in [3.05, 3.63) is 128 Å². The molecule has 0 bridgehead atoms. The third kappa shape index (κ3) is 8.31. The highest BCUT2D eigenvalue weighted by Crippen LogP contribution is 2.32. The first-order valence-electron chi connectivity index (χ1n) is 12.5. The van der Waals surface area contributed by atoms with Gasteiger partial charge in [0.15, 0.2) is 0 Å². The first-order chi connectivity index (χ1) is 20.1. The first kappa shape index (κ1) is 31.5. The van der Waals surface area contributed by atoms with E-state index in [9.17, 15) is 14.4 Å². The van der Waals surface area contributed by atoms with E-state index in [0.717, 1.165) is 4.90 Å². The molecule has 0 spiro atoms. The summed E-state index contributed by atoms with van der Waals surface area (Å²) in [5.41, 5.74) is 1.54. The summed E-state index contributed by atoms with van der Waals surface area (Å²) >= 11 is 26.2. The normalized spacial score (nSPS) is 11.9. The van der Waals surface area contributed by atoms with E-state index < -0.39 is 17.1 Å². The predicted molar refractivity (Wildman–Crippen MR) is 174 cm³/mol. The average molecular weight is 659 g/mol. The zero-order chi connectivity index (χ0) is 30.2. The Morgan fingerprint density at radius 1 is 0.762 bits per heavy atom. The van der Waals surface area contributed by atoms with Crippen molar-refractivity contribution in [1.82, 2.24) is 5.32 Å². The van der Waals surface area contributed by atoms with Gasteiger partial charge in [-0.2, -0.15) is 0 Å². The SMILES string of the molecule is CC(Sc1cccc(NC(=O)/C(=C\c2c(Cl)cccc2Cl)NC(=O)c2ccccc2)c1)C(=O)Nc1cccc(Cl)c1Cl. The molecular formula is C31H23Cl4N3O3S. The number of carbonyl (C=O) groups excluding carboxylic acids is 3. The molecule has 4 aromatic carbocycles. The number of anilines is 2. The summed E-state index contributed by atoms with van der Waals surface area (Å²) in [5, 5.41) is 8.96. The molecule has 0 fully saturated rings. The number of hydrogen-bond acceptors (Lipinski definition) is 4. The van der Waals surface area contributed by atoms with E-state index >= 15 is 0 Å². The maximum absolute atomic E-state index is 13.4. The Balaban J connectivity index is 1.52. The number of nitrogens with one attached hydrogen (secondary N) is 3. The fraction of sp³-hybridized carbons (Fsp3) is 0.0645. The Kier molecular flexibility index (Phi) is 11.0. The van der Waals surface area contributed by atoms with Crippen molar-refractivity contribution in [3.63, 3.8) is 0 Å². The molecule has 0 radical (unpaired) electrons. The molecule has 4 aromatic rings. The van der Waals surface area contributed by atoms with Crippen molar-refractivity contribution in [1.29, 1.82) is 0 Å². The molecule has 1 atom stereocenters. The van der Waals surface area contributed by atoms with Crippen LogP contribution in [0.25, 0.3) is 6.08 Å². The maximum atomic E-state index is 13.4. The minimum absolute atomic E-state index is 0.0666. The van der Waals surface area contributed by atoms with E-state index in [2.05, 4.69) is 16.0 Å². The average Bonchev–Trinajstić information content (AvgIpc) is 2.97. The number of benzene rings is 4. The van der Waals surface area contributed by atoms with Gasteiger partial charge in [0.25, 0.3) is 11.8 Å². The van der Waals surface area contributed by atoms with E-state index in [0.29, 0.717) is 37.6 Å². The Bertz CT molecular complexity index is 1640. The van der Waals surface area contributed by atoms with Gasteiger partial charge in [0.1, 0.15) is 5.70 Å². The zero-order valence-electron chi connectivity index (χ0n) is 22.0. The number of amides is 3. The molecule has 0 aliphatic heterocycles. The third-order valence-corrected chi connectivity index (χ3v) is 8.37. The van der Waals surface area contributed by atoms with Gasteiger partial charge in [-0.1, -0.05) is 82.8 Å². The summed E-state index contributed by atoms with van der Waals surface area (Å²) in [6.07, 6.45) is 1.42. The Hall–Kier alpha value is -3.46. The van der Waals surface area contributed by atoms with Crippen LogP contribution in [0, 0.1) is 0 Å². The maximum Gasteiger partial charge on any atom is 0.272 e. The van der Waals surface area contributed by atoms with Crippen LogP contribution in [0.15, 0.2) is 102 Å². The monoisotopic (exact) mass is 657 g/mol. The van der Waals surface area contributed by atoms with Crippen molar-refractivity contribution in [2.75, 3.05) is 10.6 Å². The third-order valence-electron chi connectivity index (χ3n) is 5.80. The lowest BCUT2D eigenvalue weighted by molar-refractivity contribution is -0.115. The molecule has 11 heteroatoms. The second-order valence-electron chi connectivity index (χ2n) is 8.85. The van der Waals surface area contributed by atoms with Gasteiger partial charge in [-0.25, -0.2) is 0 Å². The van der Waals surface area contributed by atoms with Gasteiger partial charge < -0.3 is 16.0 Å². The molecule has 0 saturated carbocycles. The summed E-state index contributed by atoms with van der Waals surface area (Å²) in [4.78, 5) is 39.9. The van der Waals surface area contributed by atoms with Crippen molar-refractivity contribution >= 4 is 93.3 Å². The van der Waals surface area contributed by atoms with Crippen LogP contribution in [0.3, 0.4) is 0 Å². The molecule has 0 heterocycles. The standard InChI is InChI=1S/C31H23Cl4N3O3S/c1-18(29(39)37-26-15-7-14-25(34)28(26)35)42-21-11-5-10-20(16-21)36-31(41)27(17-22-23(32)12-6-13-24(22)33)38-30(40)19-8-3-2-4-9-19/h2-18H,1H3,(H,36,41)(H,37,39)(H,38,40)/b27-17+. The number of rotatable bonds is 9. The quantitative estimate of drug-likeness (QED) is 0.124. The summed E-state index contributed by atoms with van der Waals surface area (Å²) in [6, 6.07) is 25.4. The topological polar surface area (TPSA) is 87.3 Å². The molecule has 42 heavy (non-hydrogen) atoms. The van der Waals surface area contributed by atoms with Crippen LogP contribution in [0.5, 0.6) is 0 Å². The first-order valence-corrected chi connectivity index (χ1v) is 14.9. The fourth-order valence-corrected chi connectivity index (χ4v) is 5.45. The Morgan fingerprint density at radius 2 is 1.40 bits per heavy atom. The number of carbonyl (C=O) groups is 3.